The second-order valence-electron chi connectivity index (χ2n) is 22.1. The van der Waals surface area contributed by atoms with Gasteiger partial charge in [-0.05, 0) is 92.1 Å². The van der Waals surface area contributed by atoms with Crippen molar-refractivity contribution in [3.8, 4) is 11.3 Å². The number of imidazole rings is 2. The predicted octanol–water partition coefficient (Wildman–Crippen LogP) is 9.34. The van der Waals surface area contributed by atoms with Gasteiger partial charge in [-0.25, -0.2) is 29.0 Å². The molecule has 0 spiro atoms. The fourth-order valence-electron chi connectivity index (χ4n) is 8.59. The van der Waals surface area contributed by atoms with Crippen molar-refractivity contribution < 1.29 is 103 Å². The van der Waals surface area contributed by atoms with Crippen molar-refractivity contribution in [2.75, 3.05) is 63.2 Å². The fraction of sp³-hybridized carbons (Fsp3) is 0.390. The molecule has 25 heteroatoms. The topological polar surface area (TPSA) is 217 Å². The smallest absolute Gasteiger partial charge is 0.415 e. The van der Waals surface area contributed by atoms with E-state index in [4.69, 9.17) is 23.2 Å². The Morgan fingerprint density at radius 1 is 0.726 bits per heavy atom. The standard InChI is InChI=1S/C23H21N6O3.C19H32BO3Si.C16H15BrN6O2.CH4.2Y/c30-15-17-3-1-2-4-18(17)19-13-20(22-24-7-8-29(22)27-19)26-21-6-5-16(14-25-21)23(31)28-9-11-32-12-10-28;1-17(2,3)24(8,9)21-14-15-12-10-11-13-16(15)20-22-18(4,5)19(6,7)23-20;17-13-9-12(15-18-3-4-23(15)21-13)20-14-2-1-11(10-19-14)16(24)22-5-7-25-8-6-22;;;/h1-2,4-8,13-14,30H,9-12,15H2,(H,25,26);10-11,13H,14H2,1-9H3;1-4,9-10H,5-8H2,(H,19,20);1H4;;/q2*-1;;;;. The maximum absolute atomic E-state index is 12.6. The van der Waals surface area contributed by atoms with Crippen LogP contribution in [0.2, 0.25) is 18.1 Å². The predicted molar refractivity (Wildman–Crippen MR) is 322 cm³/mol. The number of fused-ring (bicyclic) bond motifs is 2. The zero-order valence-corrected chi connectivity index (χ0v) is 56.6. The summed E-state index contributed by atoms with van der Waals surface area (Å²) in [6.45, 7) is 24.7. The Kier molecular flexibility index (Phi) is 24.2. The molecule has 3 N–H and O–H groups in total. The molecule has 3 aliphatic heterocycles. The number of ether oxygens (including phenoxy) is 2. The Bertz CT molecular complexity index is 3450. The van der Waals surface area contributed by atoms with E-state index < -0.39 is 8.32 Å². The molecular formula is C59H72BBrN12O8SiY2-2. The van der Waals surface area contributed by atoms with E-state index in [9.17, 15) is 14.7 Å². The number of nitrogens with zero attached hydrogens (tertiary/aromatic N) is 10. The van der Waals surface area contributed by atoms with Crippen LogP contribution in [0.1, 0.15) is 87.7 Å². The summed E-state index contributed by atoms with van der Waals surface area (Å²) < 4.78 is 33.4. The van der Waals surface area contributed by atoms with Crippen molar-refractivity contribution in [3.63, 3.8) is 0 Å². The van der Waals surface area contributed by atoms with Gasteiger partial charge in [0, 0.05) is 154 Å². The largest absolute Gasteiger partial charge is 0.419 e. The first kappa shape index (κ1) is 68.4. The van der Waals surface area contributed by atoms with Crippen LogP contribution >= 0.6 is 15.9 Å². The summed E-state index contributed by atoms with van der Waals surface area (Å²) in [4.78, 5) is 46.1. The number of morpholine rings is 2. The first-order valence-corrected chi connectivity index (χ1v) is 30.5. The van der Waals surface area contributed by atoms with Gasteiger partial charge in [0.2, 0.25) is 0 Å². The second-order valence-corrected chi connectivity index (χ2v) is 27.7. The average Bonchev–Trinajstić information content (AvgIpc) is 2.81. The van der Waals surface area contributed by atoms with Crippen LogP contribution in [0.25, 0.3) is 22.6 Å². The zero-order chi connectivity index (χ0) is 57.5. The van der Waals surface area contributed by atoms with Crippen LogP contribution < -0.4 is 16.1 Å². The number of carbonyl (C=O) groups excluding carboxylic acids is 2. The Balaban J connectivity index is 0.000000201. The number of hydrogen-bond donors (Lipinski definition) is 3. The maximum Gasteiger partial charge on any atom is 0.419 e. The summed E-state index contributed by atoms with van der Waals surface area (Å²) in [6.07, 6.45) is 10.0. The van der Waals surface area contributed by atoms with Crippen molar-refractivity contribution in [2.45, 2.75) is 98.4 Å². The molecule has 0 aliphatic carbocycles. The molecule has 0 unspecified atom stereocenters. The van der Waals surface area contributed by atoms with Crippen LogP contribution in [0.5, 0.6) is 0 Å². The molecule has 438 valence electrons. The number of aromatic nitrogens is 8. The third-order valence-electron chi connectivity index (χ3n) is 15.1. The summed E-state index contributed by atoms with van der Waals surface area (Å²) in [6, 6.07) is 28.6. The second kappa shape index (κ2) is 29.8. The zero-order valence-electron chi connectivity index (χ0n) is 48.4. The molecule has 2 amide bonds. The first-order valence-electron chi connectivity index (χ1n) is 26.8. The van der Waals surface area contributed by atoms with E-state index in [1.807, 2.05) is 36.4 Å². The summed E-state index contributed by atoms with van der Waals surface area (Å²) in [5.41, 5.74) is 7.37. The molecule has 6 aromatic heterocycles. The molecule has 2 aromatic carbocycles. The number of hydrogen-bond acceptors (Lipinski definition) is 16. The molecule has 9 heterocycles. The molecule has 3 saturated heterocycles. The van der Waals surface area contributed by atoms with Crippen LogP contribution in [0, 0.1) is 12.1 Å². The van der Waals surface area contributed by atoms with E-state index in [-0.39, 0.29) is 115 Å². The molecule has 8 aromatic rings. The molecule has 3 fully saturated rings. The van der Waals surface area contributed by atoms with Crippen molar-refractivity contribution in [1.29, 1.82) is 0 Å². The number of carbonyl (C=O) groups is 2. The fourth-order valence-corrected chi connectivity index (χ4v) is 9.93. The van der Waals surface area contributed by atoms with Crippen molar-refractivity contribution in [1.82, 2.24) is 49.0 Å². The van der Waals surface area contributed by atoms with Gasteiger partial charge < -0.3 is 48.7 Å². The Morgan fingerprint density at radius 2 is 1.21 bits per heavy atom. The number of aliphatic hydroxyl groups is 1. The molecule has 3 aliphatic rings. The molecule has 2 radical (unpaired) electrons. The quantitative estimate of drug-likeness (QED) is 0.0767. The minimum absolute atomic E-state index is 0. The summed E-state index contributed by atoms with van der Waals surface area (Å²) in [5, 5.41) is 25.2. The van der Waals surface area contributed by atoms with Gasteiger partial charge in [0.15, 0.2) is 19.6 Å². The van der Waals surface area contributed by atoms with Crippen LogP contribution in [0.15, 0.2) is 115 Å². The molecule has 11 rings (SSSR count). The van der Waals surface area contributed by atoms with Gasteiger partial charge in [-0.3, -0.25) is 9.59 Å². The summed E-state index contributed by atoms with van der Waals surface area (Å²) in [7, 11) is -2.18. The van der Waals surface area contributed by atoms with Gasteiger partial charge in [-0.15, -0.1) is 22.2 Å². The Hall–Kier alpha value is -4.75. The normalized spacial score (nSPS) is 15.5. The van der Waals surface area contributed by atoms with Gasteiger partial charge in [0.1, 0.15) is 16.2 Å². The first-order chi connectivity index (χ1) is 38.7. The maximum atomic E-state index is 12.6. The number of halogens is 1. The number of rotatable bonds is 12. The molecule has 0 saturated carbocycles. The number of amides is 2. The Labute approximate surface area is 552 Å². The van der Waals surface area contributed by atoms with Crippen LogP contribution in [0.4, 0.5) is 23.0 Å². The van der Waals surface area contributed by atoms with Crippen LogP contribution in [-0.4, -0.2) is 145 Å². The molecule has 20 nitrogen and oxygen atoms in total. The number of nitrogens with one attached hydrogen (secondary N) is 2. The Morgan fingerprint density at radius 3 is 1.70 bits per heavy atom. The SMILES string of the molecule is C.CC1(C)OB(c2ccc[c-]c2CO[Si](C)(C)C(C)(C)C)OC1(C)C.O=C(c1ccc(Nc2cc(-c3ccc[c-]c3CO)nn3ccnc23)nc1)N1CCOCC1.O=C(c1ccc(Nc2cc(Br)nn3ccnc23)nc1)N1CCOCC1.[Y].[Y]. The monoisotopic (exact) mass is 1370 g/mol. The van der Waals surface area contributed by atoms with E-state index in [2.05, 4.69) is 136 Å². The van der Waals surface area contributed by atoms with Gasteiger partial charge in [-0.2, -0.15) is 58.7 Å². The van der Waals surface area contributed by atoms with Gasteiger partial charge in [0.05, 0.1) is 60.1 Å². The number of pyridine rings is 2. The average molecular weight is 1370 g/mol. The molecule has 84 heavy (non-hydrogen) atoms. The van der Waals surface area contributed by atoms with Gasteiger partial charge in [0.25, 0.3) is 11.8 Å². The number of aliphatic hydroxyl groups excluding tert-OH is 1. The van der Waals surface area contributed by atoms with Crippen LogP contribution in [0.3, 0.4) is 0 Å². The van der Waals surface area contributed by atoms with E-state index in [1.165, 1.54) is 0 Å². The molecular weight excluding hydrogens is 1300 g/mol. The third-order valence-corrected chi connectivity index (χ3v) is 19.9. The van der Waals surface area contributed by atoms with Crippen molar-refractivity contribution >= 4 is 82.9 Å². The summed E-state index contributed by atoms with van der Waals surface area (Å²) in [5.74, 6) is 1.13. The van der Waals surface area contributed by atoms with Crippen molar-refractivity contribution in [3.05, 3.63) is 149 Å². The van der Waals surface area contributed by atoms with Gasteiger partial charge in [-0.1, -0.05) is 28.2 Å². The number of benzene rings is 2. The van der Waals surface area contributed by atoms with Crippen molar-refractivity contribution in [2.24, 2.45) is 0 Å². The molecule has 0 bridgehead atoms. The van der Waals surface area contributed by atoms with E-state index in [0.29, 0.717) is 115 Å². The van der Waals surface area contributed by atoms with E-state index in [1.54, 1.807) is 86.3 Å². The van der Waals surface area contributed by atoms with E-state index >= 15 is 0 Å². The van der Waals surface area contributed by atoms with Gasteiger partial charge >= 0.3 is 7.12 Å². The minimum Gasteiger partial charge on any atom is -0.415 e. The minimum atomic E-state index is -1.81. The molecule has 0 atom stereocenters. The van der Waals surface area contributed by atoms with Crippen LogP contribution in [-0.2, 0) is 102 Å². The third kappa shape index (κ3) is 16.4. The summed E-state index contributed by atoms with van der Waals surface area (Å²) >= 11 is 3.38. The number of anilines is 4. The van der Waals surface area contributed by atoms with E-state index in [0.717, 1.165) is 22.3 Å².